The summed E-state index contributed by atoms with van der Waals surface area (Å²) in [6.45, 7) is 5.71. The summed E-state index contributed by atoms with van der Waals surface area (Å²) in [4.78, 5) is 26.3. The van der Waals surface area contributed by atoms with Crippen LogP contribution in [0.15, 0.2) is 42.5 Å². The molecule has 136 valence electrons. The minimum absolute atomic E-state index is 0.0842. The number of fused-ring (bicyclic) bond motifs is 1. The molecule has 2 aromatic rings. The summed E-state index contributed by atoms with van der Waals surface area (Å²) < 4.78 is 5.71. The molecule has 1 aliphatic rings. The van der Waals surface area contributed by atoms with Crippen molar-refractivity contribution in [3.8, 4) is 5.75 Å². The van der Waals surface area contributed by atoms with Crippen molar-refractivity contribution in [3.63, 3.8) is 0 Å². The number of rotatable bonds is 4. The molecule has 0 radical (unpaired) electrons. The first-order chi connectivity index (χ1) is 12.4. The van der Waals surface area contributed by atoms with Gasteiger partial charge >= 0.3 is 0 Å². The molecule has 26 heavy (non-hydrogen) atoms. The van der Waals surface area contributed by atoms with Crippen molar-refractivity contribution in [3.05, 3.63) is 53.1 Å². The Labute approximate surface area is 157 Å². The minimum Gasteiger partial charge on any atom is -0.479 e. The van der Waals surface area contributed by atoms with Gasteiger partial charge in [-0.25, -0.2) is 0 Å². The Balaban J connectivity index is 1.96. The number of anilines is 2. The molecule has 0 saturated carbocycles. The lowest BCUT2D eigenvalue weighted by Gasteiger charge is -2.33. The SMILES string of the molecule is CC(C)C(=O)Nc1ccc2c(c1)N(Cc1ccccc1Cl)C(=O)C(C)O2. The largest absolute Gasteiger partial charge is 0.479 e. The minimum atomic E-state index is -0.582. The van der Waals surface area contributed by atoms with Crippen LogP contribution in [0.25, 0.3) is 0 Å². The first-order valence-electron chi connectivity index (χ1n) is 8.53. The summed E-state index contributed by atoms with van der Waals surface area (Å²) in [5, 5.41) is 3.46. The van der Waals surface area contributed by atoms with Gasteiger partial charge in [-0.3, -0.25) is 9.59 Å². The first kappa shape index (κ1) is 18.3. The predicted molar refractivity (Wildman–Crippen MR) is 103 cm³/mol. The second-order valence-electron chi connectivity index (χ2n) is 6.60. The van der Waals surface area contributed by atoms with Crippen LogP contribution in [0.4, 0.5) is 11.4 Å². The number of benzene rings is 2. The standard InChI is InChI=1S/C20H21ClN2O3/c1-12(2)19(24)22-15-8-9-18-17(10-15)23(20(25)13(3)26-18)11-14-6-4-5-7-16(14)21/h4-10,12-13H,11H2,1-3H3,(H,22,24). The lowest BCUT2D eigenvalue weighted by molar-refractivity contribution is -0.125. The molecule has 1 atom stereocenters. The summed E-state index contributed by atoms with van der Waals surface area (Å²) in [6, 6.07) is 12.7. The smallest absolute Gasteiger partial charge is 0.268 e. The van der Waals surface area contributed by atoms with E-state index in [1.165, 1.54) is 0 Å². The highest BCUT2D eigenvalue weighted by molar-refractivity contribution is 6.31. The van der Waals surface area contributed by atoms with E-state index in [-0.39, 0.29) is 17.7 Å². The van der Waals surface area contributed by atoms with Crippen molar-refractivity contribution >= 4 is 34.8 Å². The molecule has 0 saturated heterocycles. The average Bonchev–Trinajstić information content (AvgIpc) is 2.61. The number of ether oxygens (including phenoxy) is 1. The maximum absolute atomic E-state index is 12.7. The second kappa shape index (κ2) is 7.38. The molecule has 1 unspecified atom stereocenters. The molecule has 1 heterocycles. The number of carbonyl (C=O) groups excluding carboxylic acids is 2. The molecule has 0 fully saturated rings. The van der Waals surface area contributed by atoms with E-state index in [0.29, 0.717) is 28.7 Å². The molecule has 1 aliphatic heterocycles. The maximum atomic E-state index is 12.7. The van der Waals surface area contributed by atoms with E-state index < -0.39 is 6.10 Å². The second-order valence-corrected chi connectivity index (χ2v) is 7.01. The third-order valence-corrected chi connectivity index (χ3v) is 4.61. The number of nitrogens with one attached hydrogen (secondary N) is 1. The number of hydrogen-bond acceptors (Lipinski definition) is 3. The molecule has 5 nitrogen and oxygen atoms in total. The van der Waals surface area contributed by atoms with Crippen LogP contribution in [0.3, 0.4) is 0 Å². The lowest BCUT2D eigenvalue weighted by atomic mass is 10.1. The zero-order valence-corrected chi connectivity index (χ0v) is 15.7. The Bertz CT molecular complexity index is 851. The van der Waals surface area contributed by atoms with Crippen LogP contribution in [0.2, 0.25) is 5.02 Å². The monoisotopic (exact) mass is 372 g/mol. The number of amides is 2. The van der Waals surface area contributed by atoms with Crippen LogP contribution in [0.5, 0.6) is 5.75 Å². The highest BCUT2D eigenvalue weighted by Gasteiger charge is 2.32. The van der Waals surface area contributed by atoms with Gasteiger partial charge in [-0.15, -0.1) is 0 Å². The molecule has 2 aromatic carbocycles. The van der Waals surface area contributed by atoms with Crippen LogP contribution in [0.1, 0.15) is 26.3 Å². The molecule has 6 heteroatoms. The normalized spacial score (nSPS) is 16.3. The quantitative estimate of drug-likeness (QED) is 0.872. The summed E-state index contributed by atoms with van der Waals surface area (Å²) in [5.41, 5.74) is 2.09. The molecule has 0 spiro atoms. The van der Waals surface area contributed by atoms with Crippen molar-refractivity contribution in [2.75, 3.05) is 10.2 Å². The first-order valence-corrected chi connectivity index (χ1v) is 8.91. The van der Waals surface area contributed by atoms with Gasteiger partial charge in [0, 0.05) is 16.6 Å². The Morgan fingerprint density at radius 1 is 1.27 bits per heavy atom. The Hall–Kier alpha value is -2.53. The van der Waals surface area contributed by atoms with Gasteiger partial charge in [0.2, 0.25) is 5.91 Å². The van der Waals surface area contributed by atoms with E-state index in [4.69, 9.17) is 16.3 Å². The van der Waals surface area contributed by atoms with Crippen molar-refractivity contribution in [1.29, 1.82) is 0 Å². The van der Waals surface area contributed by atoms with Gasteiger partial charge in [0.25, 0.3) is 5.91 Å². The van der Waals surface area contributed by atoms with E-state index in [9.17, 15) is 9.59 Å². The van der Waals surface area contributed by atoms with E-state index in [0.717, 1.165) is 5.56 Å². The summed E-state index contributed by atoms with van der Waals surface area (Å²) in [6.07, 6.45) is -0.582. The topological polar surface area (TPSA) is 58.6 Å². The van der Waals surface area contributed by atoms with Gasteiger partial charge in [-0.1, -0.05) is 43.6 Å². The highest BCUT2D eigenvalue weighted by atomic mass is 35.5. The van der Waals surface area contributed by atoms with Crippen molar-refractivity contribution < 1.29 is 14.3 Å². The molecule has 0 aliphatic carbocycles. The van der Waals surface area contributed by atoms with E-state index in [1.807, 2.05) is 32.0 Å². The number of carbonyl (C=O) groups is 2. The van der Waals surface area contributed by atoms with E-state index >= 15 is 0 Å². The van der Waals surface area contributed by atoms with Gasteiger partial charge < -0.3 is 15.0 Å². The number of nitrogens with zero attached hydrogens (tertiary/aromatic N) is 1. The lowest BCUT2D eigenvalue weighted by Crippen LogP contribution is -2.44. The van der Waals surface area contributed by atoms with Crippen molar-refractivity contribution in [2.45, 2.75) is 33.4 Å². The maximum Gasteiger partial charge on any atom is 0.268 e. The fourth-order valence-electron chi connectivity index (χ4n) is 2.73. The van der Waals surface area contributed by atoms with E-state index in [2.05, 4.69) is 5.32 Å². The van der Waals surface area contributed by atoms with Crippen LogP contribution >= 0.6 is 11.6 Å². The Kier molecular flexibility index (Phi) is 5.18. The molecule has 3 rings (SSSR count). The summed E-state index contributed by atoms with van der Waals surface area (Å²) in [5.74, 6) is 0.235. The van der Waals surface area contributed by atoms with Gasteiger partial charge in [0.15, 0.2) is 6.10 Å². The summed E-state index contributed by atoms with van der Waals surface area (Å²) in [7, 11) is 0. The van der Waals surface area contributed by atoms with Gasteiger partial charge in [0.1, 0.15) is 5.75 Å². The highest BCUT2D eigenvalue weighted by Crippen LogP contribution is 2.37. The third kappa shape index (κ3) is 3.68. The van der Waals surface area contributed by atoms with Crippen LogP contribution in [-0.4, -0.2) is 17.9 Å². The zero-order chi connectivity index (χ0) is 18.8. The summed E-state index contributed by atoms with van der Waals surface area (Å²) >= 11 is 6.26. The van der Waals surface area contributed by atoms with E-state index in [1.54, 1.807) is 36.1 Å². The Morgan fingerprint density at radius 2 is 2.00 bits per heavy atom. The fourth-order valence-corrected chi connectivity index (χ4v) is 2.93. The van der Waals surface area contributed by atoms with Gasteiger partial charge in [-0.2, -0.15) is 0 Å². The molecule has 1 N–H and O–H groups in total. The zero-order valence-electron chi connectivity index (χ0n) is 15.0. The van der Waals surface area contributed by atoms with Crippen LogP contribution in [-0.2, 0) is 16.1 Å². The number of hydrogen-bond donors (Lipinski definition) is 1. The average molecular weight is 373 g/mol. The molecular weight excluding hydrogens is 352 g/mol. The van der Waals surface area contributed by atoms with Gasteiger partial charge in [-0.05, 0) is 36.8 Å². The van der Waals surface area contributed by atoms with Crippen LogP contribution < -0.4 is 15.0 Å². The molecule has 0 bridgehead atoms. The fraction of sp³-hybridized carbons (Fsp3) is 0.300. The Morgan fingerprint density at radius 3 is 2.69 bits per heavy atom. The third-order valence-electron chi connectivity index (χ3n) is 4.25. The number of halogens is 1. The van der Waals surface area contributed by atoms with Gasteiger partial charge in [0.05, 0.1) is 12.2 Å². The molecular formula is C20H21ClN2O3. The predicted octanol–water partition coefficient (Wildman–Crippen LogP) is 4.25. The van der Waals surface area contributed by atoms with Crippen molar-refractivity contribution in [2.24, 2.45) is 5.92 Å². The van der Waals surface area contributed by atoms with Crippen molar-refractivity contribution in [1.82, 2.24) is 0 Å². The molecule has 2 amide bonds. The molecule has 0 aromatic heterocycles. The van der Waals surface area contributed by atoms with Crippen LogP contribution in [0, 0.1) is 5.92 Å².